The fraction of sp³-hybridized carbons (Fsp3) is 0.500. The van der Waals surface area contributed by atoms with Crippen LogP contribution in [0.1, 0.15) is 20.3 Å². The van der Waals surface area contributed by atoms with Crippen LogP contribution in [0.25, 0.3) is 0 Å². The average molecular weight is 308 g/mol. The van der Waals surface area contributed by atoms with E-state index in [1.807, 2.05) is 18.6 Å². The van der Waals surface area contributed by atoms with Crippen LogP contribution in [0.4, 0.5) is 14.5 Å². The minimum atomic E-state index is -4.38. The van der Waals surface area contributed by atoms with Crippen molar-refractivity contribution in [2.24, 2.45) is 5.92 Å². The van der Waals surface area contributed by atoms with Crippen LogP contribution in [0.3, 0.4) is 0 Å². The molecule has 1 atom stereocenters. The molecule has 0 aliphatic rings. The van der Waals surface area contributed by atoms with E-state index in [4.69, 9.17) is 5.73 Å². The fourth-order valence-electron chi connectivity index (χ4n) is 1.74. The lowest BCUT2D eigenvalue weighted by molar-refractivity contribution is 0.152. The van der Waals surface area contributed by atoms with Gasteiger partial charge in [-0.1, -0.05) is 13.8 Å². The fourth-order valence-corrected chi connectivity index (χ4v) is 2.93. The Bertz CT molecular complexity index is 553. The zero-order valence-electron chi connectivity index (χ0n) is 11.2. The van der Waals surface area contributed by atoms with Crippen LogP contribution in [-0.4, -0.2) is 26.2 Å². The number of nitrogen functional groups attached to an aromatic ring is 1. The molecule has 0 bridgehead atoms. The van der Waals surface area contributed by atoms with Crippen molar-refractivity contribution < 1.29 is 22.3 Å². The molecule has 0 saturated heterocycles. The number of nitrogens with two attached hydrogens (primary N) is 1. The van der Waals surface area contributed by atoms with Gasteiger partial charge in [-0.2, -0.15) is 0 Å². The van der Waals surface area contributed by atoms with Crippen molar-refractivity contribution in [3.05, 3.63) is 23.8 Å². The number of aliphatic hydroxyl groups is 1. The van der Waals surface area contributed by atoms with Gasteiger partial charge in [0.25, 0.3) is 0 Å². The van der Waals surface area contributed by atoms with Crippen LogP contribution in [0.15, 0.2) is 17.0 Å². The van der Waals surface area contributed by atoms with Gasteiger partial charge in [-0.05, 0) is 24.5 Å². The lowest BCUT2D eigenvalue weighted by atomic mass is 10.1. The summed E-state index contributed by atoms with van der Waals surface area (Å²) < 4.78 is 52.7. The summed E-state index contributed by atoms with van der Waals surface area (Å²) in [6.07, 6.45) is -0.556. The Hall–Kier alpha value is -1.25. The van der Waals surface area contributed by atoms with E-state index < -0.39 is 32.7 Å². The molecule has 4 N–H and O–H groups in total. The maximum atomic E-state index is 13.5. The SMILES string of the molecule is CC(C)CC(O)CNS(=O)(=O)c1c(F)cc(N)cc1F. The molecule has 114 valence electrons. The highest BCUT2D eigenvalue weighted by molar-refractivity contribution is 7.89. The predicted octanol–water partition coefficient (Wildman–Crippen LogP) is 1.23. The molecule has 0 spiro atoms. The summed E-state index contributed by atoms with van der Waals surface area (Å²) >= 11 is 0. The number of sulfonamides is 1. The van der Waals surface area contributed by atoms with Gasteiger partial charge in [0.05, 0.1) is 6.10 Å². The highest BCUT2D eigenvalue weighted by atomic mass is 32.2. The maximum Gasteiger partial charge on any atom is 0.246 e. The Balaban J connectivity index is 2.90. The molecule has 0 radical (unpaired) electrons. The van der Waals surface area contributed by atoms with Crippen LogP contribution in [0.2, 0.25) is 0 Å². The smallest absolute Gasteiger partial charge is 0.246 e. The van der Waals surface area contributed by atoms with Gasteiger partial charge in [0.15, 0.2) is 4.90 Å². The number of aliphatic hydroxyl groups excluding tert-OH is 1. The largest absolute Gasteiger partial charge is 0.399 e. The molecular weight excluding hydrogens is 290 g/mol. The number of anilines is 1. The summed E-state index contributed by atoms with van der Waals surface area (Å²) in [5, 5.41) is 9.58. The number of halogens is 2. The minimum Gasteiger partial charge on any atom is -0.399 e. The molecule has 1 unspecified atom stereocenters. The molecule has 8 heteroatoms. The second-order valence-corrected chi connectivity index (χ2v) is 6.65. The Labute approximate surface area is 116 Å². The molecule has 0 aromatic heterocycles. The van der Waals surface area contributed by atoms with E-state index in [-0.39, 0.29) is 18.2 Å². The molecular formula is C12H18F2N2O3S. The van der Waals surface area contributed by atoms with Gasteiger partial charge in [-0.25, -0.2) is 21.9 Å². The number of hydrogen-bond donors (Lipinski definition) is 3. The first-order chi connectivity index (χ1) is 9.13. The van der Waals surface area contributed by atoms with Crippen molar-refractivity contribution in [3.8, 4) is 0 Å². The molecule has 0 aliphatic carbocycles. The van der Waals surface area contributed by atoms with Crippen LogP contribution >= 0.6 is 0 Å². The second kappa shape index (κ2) is 6.47. The molecule has 1 aromatic carbocycles. The first kappa shape index (κ1) is 16.8. The van der Waals surface area contributed by atoms with Crippen LogP contribution in [0, 0.1) is 17.6 Å². The Morgan fingerprint density at radius 1 is 1.30 bits per heavy atom. The number of rotatable bonds is 6. The summed E-state index contributed by atoms with van der Waals surface area (Å²) in [5.41, 5.74) is 5.00. The zero-order valence-corrected chi connectivity index (χ0v) is 12.0. The normalized spacial score (nSPS) is 13.7. The molecule has 0 fully saturated rings. The van der Waals surface area contributed by atoms with Crippen molar-refractivity contribution in [2.45, 2.75) is 31.3 Å². The number of hydrogen-bond acceptors (Lipinski definition) is 4. The summed E-state index contributed by atoms with van der Waals surface area (Å²) in [4.78, 5) is -1.09. The van der Waals surface area contributed by atoms with Crippen LogP contribution < -0.4 is 10.5 Å². The first-order valence-corrected chi connectivity index (χ1v) is 7.54. The molecule has 0 saturated carbocycles. The van der Waals surface area contributed by atoms with Gasteiger partial charge in [0.2, 0.25) is 10.0 Å². The molecule has 0 heterocycles. The van der Waals surface area contributed by atoms with Crippen molar-refractivity contribution in [1.29, 1.82) is 0 Å². The van der Waals surface area contributed by atoms with Crippen LogP contribution in [0.5, 0.6) is 0 Å². The Morgan fingerprint density at radius 2 is 1.80 bits per heavy atom. The Kier molecular flexibility index (Phi) is 5.43. The van der Waals surface area contributed by atoms with E-state index in [1.165, 1.54) is 0 Å². The zero-order chi connectivity index (χ0) is 15.5. The van der Waals surface area contributed by atoms with Crippen LogP contribution in [-0.2, 0) is 10.0 Å². The number of nitrogens with one attached hydrogen (secondary N) is 1. The highest BCUT2D eigenvalue weighted by Gasteiger charge is 2.25. The maximum absolute atomic E-state index is 13.5. The van der Waals surface area contributed by atoms with E-state index in [1.54, 1.807) is 0 Å². The monoisotopic (exact) mass is 308 g/mol. The summed E-state index contributed by atoms with van der Waals surface area (Å²) in [6, 6.07) is 1.45. The van der Waals surface area contributed by atoms with Crippen molar-refractivity contribution in [2.75, 3.05) is 12.3 Å². The molecule has 20 heavy (non-hydrogen) atoms. The van der Waals surface area contributed by atoms with E-state index in [0.29, 0.717) is 6.42 Å². The van der Waals surface area contributed by atoms with Crippen molar-refractivity contribution >= 4 is 15.7 Å². The minimum absolute atomic E-state index is 0.166. The predicted molar refractivity (Wildman–Crippen MR) is 71.4 cm³/mol. The third kappa shape index (κ3) is 4.39. The summed E-state index contributed by atoms with van der Waals surface area (Å²) in [6.45, 7) is 3.40. The van der Waals surface area contributed by atoms with E-state index >= 15 is 0 Å². The Morgan fingerprint density at radius 3 is 2.25 bits per heavy atom. The van der Waals surface area contributed by atoms with Gasteiger partial charge in [0.1, 0.15) is 11.6 Å². The van der Waals surface area contributed by atoms with Gasteiger partial charge in [0, 0.05) is 12.2 Å². The van der Waals surface area contributed by atoms with Crippen molar-refractivity contribution in [3.63, 3.8) is 0 Å². The first-order valence-electron chi connectivity index (χ1n) is 6.05. The quantitative estimate of drug-likeness (QED) is 0.689. The topological polar surface area (TPSA) is 92.4 Å². The molecule has 5 nitrogen and oxygen atoms in total. The third-order valence-electron chi connectivity index (χ3n) is 2.54. The molecule has 0 amide bonds. The average Bonchev–Trinajstić information content (AvgIpc) is 2.23. The highest BCUT2D eigenvalue weighted by Crippen LogP contribution is 2.21. The lowest BCUT2D eigenvalue weighted by Gasteiger charge is -2.14. The summed E-state index contributed by atoms with van der Waals surface area (Å²) in [7, 11) is -4.38. The van der Waals surface area contributed by atoms with Gasteiger partial charge in [-0.15, -0.1) is 0 Å². The lowest BCUT2D eigenvalue weighted by Crippen LogP contribution is -2.33. The molecule has 1 aromatic rings. The van der Waals surface area contributed by atoms with Gasteiger partial charge >= 0.3 is 0 Å². The van der Waals surface area contributed by atoms with Gasteiger partial charge in [-0.3, -0.25) is 0 Å². The standard InChI is InChI=1S/C12H18F2N2O3S/c1-7(2)3-9(17)6-16-20(18,19)12-10(13)4-8(15)5-11(12)14/h4-5,7,9,16-17H,3,6,15H2,1-2H3. The van der Waals surface area contributed by atoms with Gasteiger partial charge < -0.3 is 10.8 Å². The third-order valence-corrected chi connectivity index (χ3v) is 4.02. The molecule has 1 rings (SSSR count). The number of benzene rings is 1. The summed E-state index contributed by atoms with van der Waals surface area (Å²) in [5.74, 6) is -2.37. The van der Waals surface area contributed by atoms with Crippen molar-refractivity contribution in [1.82, 2.24) is 4.72 Å². The van der Waals surface area contributed by atoms with E-state index in [9.17, 15) is 22.3 Å². The van der Waals surface area contributed by atoms with E-state index in [2.05, 4.69) is 0 Å². The van der Waals surface area contributed by atoms with E-state index in [0.717, 1.165) is 12.1 Å². The second-order valence-electron chi connectivity index (χ2n) is 4.95. The molecule has 0 aliphatic heterocycles.